The van der Waals surface area contributed by atoms with Crippen LogP contribution in [0.3, 0.4) is 0 Å². The largest absolute Gasteiger partial charge is 0.480 e. The fourth-order valence-corrected chi connectivity index (χ4v) is 5.30. The second kappa shape index (κ2) is 9.34. The topological polar surface area (TPSA) is 66.6 Å². The van der Waals surface area contributed by atoms with Gasteiger partial charge in [-0.15, -0.1) is 0 Å². The number of imidazole rings is 1. The minimum absolute atomic E-state index is 0.546. The summed E-state index contributed by atoms with van der Waals surface area (Å²) in [4.78, 5) is 16.3. The van der Waals surface area contributed by atoms with Gasteiger partial charge in [0.1, 0.15) is 11.2 Å². The molecule has 2 aromatic heterocycles. The van der Waals surface area contributed by atoms with Crippen LogP contribution in [0.15, 0.2) is 97.3 Å². The highest BCUT2D eigenvalue weighted by atomic mass is 16.4. The van der Waals surface area contributed by atoms with Crippen LogP contribution in [0.5, 0.6) is 0 Å². The second-order valence-corrected chi connectivity index (χ2v) is 9.92. The molecule has 5 aromatic rings. The first kappa shape index (κ1) is 23.2. The number of hydrogen-bond acceptors (Lipinski definition) is 3. The molecule has 0 unspecified atom stereocenters. The van der Waals surface area contributed by atoms with Gasteiger partial charge in [-0.2, -0.15) is 0 Å². The zero-order valence-electron chi connectivity index (χ0n) is 20.8. The van der Waals surface area contributed by atoms with E-state index in [0.717, 1.165) is 34.5 Å². The average molecular weight is 488 g/mol. The van der Waals surface area contributed by atoms with Crippen LogP contribution in [0.4, 0.5) is 0 Å². The van der Waals surface area contributed by atoms with Crippen molar-refractivity contribution in [2.24, 2.45) is 0 Å². The maximum atomic E-state index is 11.6. The Balaban J connectivity index is 1.25. The number of benzene rings is 3. The van der Waals surface area contributed by atoms with Gasteiger partial charge in [0.05, 0.1) is 11.9 Å². The number of pyridine rings is 1. The van der Waals surface area contributed by atoms with E-state index in [4.69, 9.17) is 4.98 Å². The quantitative estimate of drug-likeness (QED) is 0.267. The van der Waals surface area contributed by atoms with E-state index in [1.54, 1.807) is 0 Å². The van der Waals surface area contributed by atoms with Crippen LogP contribution >= 0.6 is 0 Å². The van der Waals surface area contributed by atoms with E-state index in [9.17, 15) is 9.90 Å². The monoisotopic (exact) mass is 487 g/mol. The first-order valence-electron chi connectivity index (χ1n) is 12.7. The molecule has 184 valence electrons. The predicted molar refractivity (Wildman–Crippen MR) is 147 cm³/mol. The Bertz CT molecular complexity index is 1580. The van der Waals surface area contributed by atoms with Gasteiger partial charge in [-0.3, -0.25) is 14.5 Å². The average Bonchev–Trinajstić information content (AvgIpc) is 3.32. The van der Waals surface area contributed by atoms with Crippen LogP contribution < -0.4 is 5.32 Å². The van der Waals surface area contributed by atoms with Crippen molar-refractivity contribution < 1.29 is 9.90 Å². The van der Waals surface area contributed by atoms with E-state index in [1.807, 2.05) is 12.3 Å². The maximum absolute atomic E-state index is 11.6. The summed E-state index contributed by atoms with van der Waals surface area (Å²) in [7, 11) is 0. The molecule has 2 heterocycles. The number of nitrogens with zero attached hydrogens (tertiary/aromatic N) is 2. The highest BCUT2D eigenvalue weighted by molar-refractivity contribution is 5.80. The lowest BCUT2D eigenvalue weighted by molar-refractivity contribution is -0.148. The van der Waals surface area contributed by atoms with Crippen LogP contribution in [0, 0.1) is 6.92 Å². The van der Waals surface area contributed by atoms with Gasteiger partial charge in [0.15, 0.2) is 0 Å². The smallest absolute Gasteiger partial charge is 0.323 e. The summed E-state index contributed by atoms with van der Waals surface area (Å²) in [6.07, 6.45) is 6.35. The van der Waals surface area contributed by atoms with Gasteiger partial charge in [-0.25, -0.2) is 4.98 Å². The number of aromatic nitrogens is 2. The molecule has 1 saturated carbocycles. The maximum Gasteiger partial charge on any atom is 0.323 e. The van der Waals surface area contributed by atoms with Gasteiger partial charge in [-0.05, 0) is 71.7 Å². The molecule has 37 heavy (non-hydrogen) atoms. The number of rotatable bonds is 7. The minimum atomic E-state index is -0.753. The Hall–Kier alpha value is -4.22. The normalized spacial score (nSPS) is 14.4. The van der Waals surface area contributed by atoms with Gasteiger partial charge in [0, 0.05) is 18.3 Å². The van der Waals surface area contributed by atoms with E-state index in [0.29, 0.717) is 19.4 Å². The van der Waals surface area contributed by atoms with E-state index in [1.165, 1.54) is 22.3 Å². The first-order valence-corrected chi connectivity index (χ1v) is 12.7. The van der Waals surface area contributed by atoms with Gasteiger partial charge in [-0.1, -0.05) is 72.8 Å². The number of aliphatic carboxylic acids is 1. The molecule has 2 N–H and O–H groups in total. The molecular formula is C32H29N3O2. The highest BCUT2D eigenvalue weighted by Crippen LogP contribution is 2.34. The van der Waals surface area contributed by atoms with Crippen LogP contribution in [0.2, 0.25) is 0 Å². The highest BCUT2D eigenvalue weighted by Gasteiger charge is 2.43. The molecule has 5 heteroatoms. The van der Waals surface area contributed by atoms with Crippen LogP contribution in [0.1, 0.15) is 30.4 Å². The molecule has 0 radical (unpaired) electrons. The summed E-state index contributed by atoms with van der Waals surface area (Å²) < 4.78 is 2.11. The zero-order valence-corrected chi connectivity index (χ0v) is 20.8. The number of carboxylic acid groups (broad SMARTS) is 1. The predicted octanol–water partition coefficient (Wildman–Crippen LogP) is 6.74. The van der Waals surface area contributed by atoms with E-state index >= 15 is 0 Å². The summed E-state index contributed by atoms with van der Waals surface area (Å²) in [5.74, 6) is -0.748. The molecule has 6 rings (SSSR count). The third kappa shape index (κ3) is 4.21. The Morgan fingerprint density at radius 1 is 0.919 bits per heavy atom. The molecule has 0 saturated heterocycles. The Labute approximate surface area is 216 Å². The van der Waals surface area contributed by atoms with Crippen molar-refractivity contribution in [3.8, 4) is 33.5 Å². The third-order valence-corrected chi connectivity index (χ3v) is 7.74. The molecular weight excluding hydrogens is 458 g/mol. The van der Waals surface area contributed by atoms with Crippen LogP contribution in [-0.4, -0.2) is 26.0 Å². The summed E-state index contributed by atoms with van der Waals surface area (Å²) >= 11 is 0. The van der Waals surface area contributed by atoms with Gasteiger partial charge in [0.2, 0.25) is 0 Å². The summed E-state index contributed by atoms with van der Waals surface area (Å²) in [5.41, 5.74) is 9.37. The van der Waals surface area contributed by atoms with Crippen molar-refractivity contribution in [1.29, 1.82) is 0 Å². The molecule has 0 bridgehead atoms. The van der Waals surface area contributed by atoms with Crippen molar-refractivity contribution in [2.75, 3.05) is 0 Å². The number of fused-ring (bicyclic) bond motifs is 1. The summed E-state index contributed by atoms with van der Waals surface area (Å²) in [5, 5.41) is 12.8. The molecule has 3 aromatic carbocycles. The molecule has 0 spiro atoms. The van der Waals surface area contributed by atoms with Crippen molar-refractivity contribution in [1.82, 2.24) is 14.7 Å². The molecule has 0 aliphatic heterocycles. The van der Waals surface area contributed by atoms with Gasteiger partial charge in [0.25, 0.3) is 0 Å². The lowest BCUT2D eigenvalue weighted by atomic mass is 9.76. The van der Waals surface area contributed by atoms with Gasteiger partial charge >= 0.3 is 5.97 Å². The molecule has 1 aliphatic carbocycles. The molecule has 5 nitrogen and oxygen atoms in total. The SMILES string of the molecule is Cc1c(-c2ccccc2)cccc1-c1ccn2c(-c3ccc(CNC4(C(=O)O)CCC4)cc3)cnc2c1. The van der Waals surface area contributed by atoms with Crippen molar-refractivity contribution in [3.05, 3.63) is 108 Å². The lowest BCUT2D eigenvalue weighted by Gasteiger charge is -2.38. The standard InChI is InChI=1S/C32H29N3O2/c1-22-27(24-7-3-2-4-8-24)9-5-10-28(22)26-15-18-35-29(21-33-30(35)19-26)25-13-11-23(12-14-25)20-34-32(31(36)37)16-6-17-32/h2-5,7-15,18-19,21,34H,6,16-17,20H2,1H3,(H,36,37). The zero-order chi connectivity index (χ0) is 25.4. The molecule has 1 fully saturated rings. The lowest BCUT2D eigenvalue weighted by Crippen LogP contribution is -2.56. The molecule has 1 aliphatic rings. The van der Waals surface area contributed by atoms with Crippen LogP contribution in [-0.2, 0) is 11.3 Å². The van der Waals surface area contributed by atoms with E-state index < -0.39 is 11.5 Å². The first-order chi connectivity index (χ1) is 18.0. The van der Waals surface area contributed by atoms with E-state index in [2.05, 4.69) is 102 Å². The fourth-order valence-electron chi connectivity index (χ4n) is 5.30. The van der Waals surface area contributed by atoms with Crippen LogP contribution in [0.25, 0.3) is 39.2 Å². The van der Waals surface area contributed by atoms with Gasteiger partial charge < -0.3 is 5.11 Å². The third-order valence-electron chi connectivity index (χ3n) is 7.74. The second-order valence-electron chi connectivity index (χ2n) is 9.92. The summed E-state index contributed by atoms with van der Waals surface area (Å²) in [6, 6.07) is 29.5. The Morgan fingerprint density at radius 3 is 2.32 bits per heavy atom. The Morgan fingerprint density at radius 2 is 1.65 bits per heavy atom. The number of carboxylic acids is 1. The number of carbonyl (C=O) groups is 1. The van der Waals surface area contributed by atoms with Crippen molar-refractivity contribution in [3.63, 3.8) is 0 Å². The van der Waals surface area contributed by atoms with Crippen molar-refractivity contribution >= 4 is 11.6 Å². The Kier molecular flexibility index (Phi) is 5.85. The fraction of sp³-hybridized carbons (Fsp3) is 0.188. The molecule has 0 amide bonds. The summed E-state index contributed by atoms with van der Waals surface area (Å²) in [6.45, 7) is 2.73. The minimum Gasteiger partial charge on any atom is -0.480 e. The number of hydrogen-bond donors (Lipinski definition) is 2. The van der Waals surface area contributed by atoms with E-state index in [-0.39, 0.29) is 0 Å². The molecule has 0 atom stereocenters. The number of nitrogens with one attached hydrogen (secondary N) is 1. The van der Waals surface area contributed by atoms with Crippen molar-refractivity contribution in [2.45, 2.75) is 38.3 Å².